The lowest BCUT2D eigenvalue weighted by atomic mass is 9.87. The van der Waals surface area contributed by atoms with E-state index in [1.54, 1.807) is 4.90 Å². The molecule has 1 unspecified atom stereocenters. The van der Waals surface area contributed by atoms with Crippen LogP contribution < -0.4 is 5.32 Å². The number of terminal acetylenes is 1. The lowest BCUT2D eigenvalue weighted by molar-refractivity contribution is 0.0667. The molecule has 4 nitrogen and oxygen atoms in total. The number of carbonyl (C=O) groups excluding carboxylic acids is 1. The van der Waals surface area contributed by atoms with Crippen LogP contribution in [0.1, 0.15) is 24.5 Å². The highest BCUT2D eigenvalue weighted by atomic mass is 16.3. The molecule has 0 aliphatic carbocycles. The number of aliphatic hydroxyl groups is 1. The number of hydrogen-bond donors (Lipinski definition) is 2. The standard InChI is InChI=1S/C16H20N2O2/c1-2-10-17-16(20)18-11-8-14(9-12-18)15(19)13-6-4-3-5-7-13/h1,3-7,14-15,19H,8-12H2,(H,17,20). The van der Waals surface area contributed by atoms with Crippen molar-refractivity contribution in [1.29, 1.82) is 0 Å². The van der Waals surface area contributed by atoms with Gasteiger partial charge in [-0.05, 0) is 24.3 Å². The van der Waals surface area contributed by atoms with Crippen LogP contribution in [0.5, 0.6) is 0 Å². The van der Waals surface area contributed by atoms with Gasteiger partial charge in [-0.25, -0.2) is 4.79 Å². The third-order valence-corrected chi connectivity index (χ3v) is 3.76. The zero-order valence-electron chi connectivity index (χ0n) is 11.5. The minimum atomic E-state index is -0.452. The first kappa shape index (κ1) is 14.4. The molecule has 0 saturated carbocycles. The van der Waals surface area contributed by atoms with E-state index in [1.807, 2.05) is 30.3 Å². The van der Waals surface area contributed by atoms with Crippen LogP contribution in [0.2, 0.25) is 0 Å². The molecule has 1 aliphatic rings. The van der Waals surface area contributed by atoms with Gasteiger partial charge in [-0.3, -0.25) is 0 Å². The van der Waals surface area contributed by atoms with Crippen LogP contribution in [0.3, 0.4) is 0 Å². The van der Waals surface area contributed by atoms with Gasteiger partial charge in [0.25, 0.3) is 0 Å². The summed E-state index contributed by atoms with van der Waals surface area (Å²) in [6, 6.07) is 9.57. The van der Waals surface area contributed by atoms with E-state index >= 15 is 0 Å². The summed E-state index contributed by atoms with van der Waals surface area (Å²) in [5, 5.41) is 13.0. The summed E-state index contributed by atoms with van der Waals surface area (Å²) in [5.74, 6) is 2.59. The molecule has 1 aromatic carbocycles. The lowest BCUT2D eigenvalue weighted by Gasteiger charge is -2.34. The third kappa shape index (κ3) is 3.52. The van der Waals surface area contributed by atoms with Gasteiger partial charge in [-0.15, -0.1) is 6.42 Å². The molecule has 20 heavy (non-hydrogen) atoms. The van der Waals surface area contributed by atoms with Crippen LogP contribution in [0.4, 0.5) is 4.79 Å². The van der Waals surface area contributed by atoms with Crippen LogP contribution in [0.25, 0.3) is 0 Å². The van der Waals surface area contributed by atoms with Gasteiger partial charge < -0.3 is 15.3 Å². The van der Waals surface area contributed by atoms with E-state index in [0.29, 0.717) is 13.1 Å². The molecule has 2 rings (SSSR count). The van der Waals surface area contributed by atoms with E-state index in [9.17, 15) is 9.90 Å². The van der Waals surface area contributed by atoms with E-state index in [0.717, 1.165) is 18.4 Å². The topological polar surface area (TPSA) is 52.6 Å². The average molecular weight is 272 g/mol. The van der Waals surface area contributed by atoms with Crippen molar-refractivity contribution < 1.29 is 9.90 Å². The Balaban J connectivity index is 1.85. The molecule has 1 aromatic rings. The van der Waals surface area contributed by atoms with Crippen molar-refractivity contribution in [1.82, 2.24) is 10.2 Å². The molecule has 0 bridgehead atoms. The maximum atomic E-state index is 11.8. The van der Waals surface area contributed by atoms with Crippen molar-refractivity contribution in [3.05, 3.63) is 35.9 Å². The molecule has 1 saturated heterocycles. The van der Waals surface area contributed by atoms with Crippen molar-refractivity contribution in [3.63, 3.8) is 0 Å². The van der Waals surface area contributed by atoms with E-state index in [2.05, 4.69) is 11.2 Å². The van der Waals surface area contributed by atoms with Gasteiger partial charge in [0.15, 0.2) is 0 Å². The van der Waals surface area contributed by atoms with Gasteiger partial charge in [-0.2, -0.15) is 0 Å². The van der Waals surface area contributed by atoms with Crippen molar-refractivity contribution in [2.45, 2.75) is 18.9 Å². The fourth-order valence-corrected chi connectivity index (χ4v) is 2.58. The maximum Gasteiger partial charge on any atom is 0.318 e. The molecule has 0 aromatic heterocycles. The molecule has 1 atom stereocenters. The largest absolute Gasteiger partial charge is 0.388 e. The number of likely N-dealkylation sites (tertiary alicyclic amines) is 1. The Hall–Kier alpha value is -1.99. The van der Waals surface area contributed by atoms with Crippen molar-refractivity contribution in [3.8, 4) is 12.3 Å². The first-order chi connectivity index (χ1) is 9.72. The van der Waals surface area contributed by atoms with Gasteiger partial charge >= 0.3 is 6.03 Å². The summed E-state index contributed by atoms with van der Waals surface area (Å²) >= 11 is 0. The van der Waals surface area contributed by atoms with E-state index in [1.165, 1.54) is 0 Å². The van der Waals surface area contributed by atoms with Crippen LogP contribution in [0, 0.1) is 18.3 Å². The Morgan fingerprint density at radius 1 is 1.40 bits per heavy atom. The average Bonchev–Trinajstić information content (AvgIpc) is 2.53. The monoisotopic (exact) mass is 272 g/mol. The molecule has 2 amide bonds. The third-order valence-electron chi connectivity index (χ3n) is 3.76. The minimum absolute atomic E-state index is 0.115. The summed E-state index contributed by atoms with van der Waals surface area (Å²) < 4.78 is 0. The smallest absolute Gasteiger partial charge is 0.318 e. The Kier molecular flexibility index (Phi) is 5.03. The highest BCUT2D eigenvalue weighted by Crippen LogP contribution is 2.30. The fourth-order valence-electron chi connectivity index (χ4n) is 2.58. The first-order valence-corrected chi connectivity index (χ1v) is 6.91. The number of benzene rings is 1. The van der Waals surface area contributed by atoms with E-state index in [-0.39, 0.29) is 18.5 Å². The van der Waals surface area contributed by atoms with E-state index in [4.69, 9.17) is 6.42 Å². The minimum Gasteiger partial charge on any atom is -0.388 e. The SMILES string of the molecule is C#CCNC(=O)N1CCC(C(O)c2ccccc2)CC1. The van der Waals surface area contributed by atoms with Crippen LogP contribution in [-0.4, -0.2) is 35.7 Å². The van der Waals surface area contributed by atoms with Gasteiger partial charge in [0.05, 0.1) is 12.6 Å². The maximum absolute atomic E-state index is 11.8. The number of nitrogens with one attached hydrogen (secondary N) is 1. The van der Waals surface area contributed by atoms with Gasteiger partial charge in [-0.1, -0.05) is 36.3 Å². The molecule has 4 heteroatoms. The fraction of sp³-hybridized carbons (Fsp3) is 0.438. The second-order valence-corrected chi connectivity index (χ2v) is 5.04. The number of nitrogens with zero attached hydrogens (tertiary/aromatic N) is 1. The van der Waals surface area contributed by atoms with Crippen LogP contribution >= 0.6 is 0 Å². The molecule has 0 spiro atoms. The van der Waals surface area contributed by atoms with Crippen LogP contribution in [-0.2, 0) is 0 Å². The zero-order valence-corrected chi connectivity index (χ0v) is 11.5. The second kappa shape index (κ2) is 6.97. The van der Waals surface area contributed by atoms with Crippen molar-refractivity contribution >= 4 is 6.03 Å². The van der Waals surface area contributed by atoms with Crippen molar-refractivity contribution in [2.75, 3.05) is 19.6 Å². The first-order valence-electron chi connectivity index (χ1n) is 6.91. The summed E-state index contributed by atoms with van der Waals surface area (Å²) in [5.41, 5.74) is 0.947. The second-order valence-electron chi connectivity index (χ2n) is 5.04. The molecular formula is C16H20N2O2. The van der Waals surface area contributed by atoms with Crippen LogP contribution in [0.15, 0.2) is 30.3 Å². The van der Waals surface area contributed by atoms with Gasteiger partial charge in [0.1, 0.15) is 0 Å². The molecular weight excluding hydrogens is 252 g/mol. The summed E-state index contributed by atoms with van der Waals surface area (Å²) in [6.07, 6.45) is 6.27. The number of rotatable bonds is 3. The zero-order chi connectivity index (χ0) is 14.4. The predicted octanol–water partition coefficient (Wildman–Crippen LogP) is 1.77. The number of hydrogen-bond acceptors (Lipinski definition) is 2. The number of carbonyl (C=O) groups is 1. The molecule has 1 fully saturated rings. The van der Waals surface area contributed by atoms with Gasteiger partial charge in [0, 0.05) is 13.1 Å². The Morgan fingerprint density at radius 3 is 2.65 bits per heavy atom. The predicted molar refractivity (Wildman–Crippen MR) is 77.9 cm³/mol. The highest BCUT2D eigenvalue weighted by molar-refractivity contribution is 5.74. The number of urea groups is 1. The lowest BCUT2D eigenvalue weighted by Crippen LogP contribution is -2.45. The Morgan fingerprint density at radius 2 is 2.05 bits per heavy atom. The normalized spacial score (nSPS) is 17.3. The Bertz CT molecular complexity index is 473. The summed E-state index contributed by atoms with van der Waals surface area (Å²) in [7, 11) is 0. The Labute approximate surface area is 119 Å². The molecule has 1 heterocycles. The molecule has 0 radical (unpaired) electrons. The molecule has 2 N–H and O–H groups in total. The summed E-state index contributed by atoms with van der Waals surface area (Å²) in [6.45, 7) is 1.57. The highest BCUT2D eigenvalue weighted by Gasteiger charge is 2.27. The molecule has 106 valence electrons. The van der Waals surface area contributed by atoms with Gasteiger partial charge in [0.2, 0.25) is 0 Å². The summed E-state index contributed by atoms with van der Waals surface area (Å²) in [4.78, 5) is 13.5. The molecule has 1 aliphatic heterocycles. The van der Waals surface area contributed by atoms with Crippen molar-refractivity contribution in [2.24, 2.45) is 5.92 Å². The quantitative estimate of drug-likeness (QED) is 0.824. The van der Waals surface area contributed by atoms with E-state index < -0.39 is 6.10 Å². The number of amides is 2. The number of piperidine rings is 1. The number of aliphatic hydroxyl groups excluding tert-OH is 1.